The highest BCUT2D eigenvalue weighted by Gasteiger charge is 2.42. The molecule has 6 amide bonds. The van der Waals surface area contributed by atoms with Crippen LogP contribution in [0.5, 0.6) is 11.5 Å². The highest BCUT2D eigenvalue weighted by Crippen LogP contribution is 2.46. The van der Waals surface area contributed by atoms with Gasteiger partial charge in [0.2, 0.25) is 17.8 Å². The van der Waals surface area contributed by atoms with Gasteiger partial charge in [0.25, 0.3) is 35.4 Å². The molecule has 624 valence electrons. The first-order chi connectivity index (χ1) is 57.0. The first kappa shape index (κ1) is 85.8. The average molecular weight is 1720 g/mol. The van der Waals surface area contributed by atoms with E-state index in [1.807, 2.05) is 48.5 Å². The number of carbonyl (C=O) groups is 6. The zero-order valence-corrected chi connectivity index (χ0v) is 71.4. The molecule has 32 nitrogen and oxygen atoms in total. The number of aromatic amines is 3. The zero-order valence-electron chi connectivity index (χ0n) is 67.6. The third-order valence-corrected chi connectivity index (χ3v) is 23.3. The molecular weight excluding hydrogens is 1630 g/mol. The van der Waals surface area contributed by atoms with Crippen LogP contribution in [0.15, 0.2) is 36.8 Å². The van der Waals surface area contributed by atoms with E-state index in [9.17, 15) is 28.8 Å². The maximum atomic E-state index is 13.9. The molecule has 3 fully saturated rings. The minimum Gasteiger partial charge on any atom is -0.497 e. The Labute approximate surface area is 712 Å². The van der Waals surface area contributed by atoms with Crippen molar-refractivity contribution in [1.82, 2.24) is 90.5 Å². The second-order valence-corrected chi connectivity index (χ2v) is 31.7. The van der Waals surface area contributed by atoms with E-state index in [0.29, 0.717) is 132 Å². The van der Waals surface area contributed by atoms with Crippen LogP contribution in [0.2, 0.25) is 25.6 Å². The number of pyridine rings is 3. The van der Waals surface area contributed by atoms with Crippen molar-refractivity contribution in [2.75, 3.05) is 125 Å². The van der Waals surface area contributed by atoms with E-state index in [1.165, 1.54) is 53.2 Å². The summed E-state index contributed by atoms with van der Waals surface area (Å²) in [7, 11) is 3.16. The Morgan fingerprint density at radius 1 is 0.479 bits per heavy atom. The van der Waals surface area contributed by atoms with Crippen LogP contribution in [-0.4, -0.2) is 203 Å². The van der Waals surface area contributed by atoms with E-state index >= 15 is 0 Å². The first-order valence-electron chi connectivity index (χ1n) is 39.0. The number of aryl methyl sites for hydroxylation is 4. The number of amides is 6. The monoisotopic (exact) mass is 1720 g/mol. The molecule has 0 unspecified atom stereocenters. The molecule has 0 aliphatic carbocycles. The normalized spacial score (nSPS) is 16.2. The van der Waals surface area contributed by atoms with Gasteiger partial charge in [-0.1, -0.05) is 58.0 Å². The summed E-state index contributed by atoms with van der Waals surface area (Å²) >= 11 is 32.4. The number of likely N-dealkylation sites (tertiary alicyclic amines) is 3. The SMILES string of the molecule is COc1c(C)cnc(CN2C(=O)/C(=C\c3[nH]c(Cl)c(C(=O)NCCN4CCCC4)c3C)c3c(Cl)nc(N)nc32)c1C.COc1ccnc(CN2C(=O)/C(=C\c3[nH]c(C)c(C(=O)NCCN4CCCC4)c3C)c3c(Cl)nc(N)nc32)c1.Cc1cnc(CN2C(=O)/C(=C\c3[nH]c(C)c(C(=O)NCCN4CCCC4)c3C)c3c(Cl)nc(N)nc32)c(Cl)c1. The topological polar surface area (TPSA) is 418 Å². The van der Waals surface area contributed by atoms with Gasteiger partial charge in [0.1, 0.15) is 32.1 Å². The molecule has 0 atom stereocenters. The lowest BCUT2D eigenvalue weighted by molar-refractivity contribution is -0.113. The van der Waals surface area contributed by atoms with Gasteiger partial charge in [-0.15, -0.1) is 0 Å². The summed E-state index contributed by atoms with van der Waals surface area (Å²) in [6.45, 7) is 25.6. The Kier molecular flexibility index (Phi) is 26.7. The number of halogens is 5. The van der Waals surface area contributed by atoms with Crippen LogP contribution >= 0.6 is 58.0 Å². The van der Waals surface area contributed by atoms with E-state index in [1.54, 1.807) is 76.2 Å². The van der Waals surface area contributed by atoms with Crippen molar-refractivity contribution < 1.29 is 38.2 Å². The Bertz CT molecular complexity index is 5590. The number of nitrogen functional groups attached to an aromatic ring is 3. The molecule has 15 rings (SSSR count). The molecule has 0 aromatic carbocycles. The summed E-state index contributed by atoms with van der Waals surface area (Å²) in [4.78, 5) is 140. The number of nitrogens with two attached hydrogens (primary N) is 3. The summed E-state index contributed by atoms with van der Waals surface area (Å²) in [5, 5.41) is 9.79. The molecule has 0 saturated carbocycles. The van der Waals surface area contributed by atoms with E-state index in [-0.39, 0.29) is 116 Å². The number of hydrogen-bond acceptors (Lipinski definition) is 23. The fraction of sp³-hybridized carbons (Fsp3) is 0.378. The molecule has 0 radical (unpaired) electrons. The Morgan fingerprint density at radius 2 is 0.866 bits per heavy atom. The third kappa shape index (κ3) is 18.5. The van der Waals surface area contributed by atoms with Gasteiger partial charge < -0.3 is 72.3 Å². The van der Waals surface area contributed by atoms with Crippen molar-refractivity contribution in [2.24, 2.45) is 0 Å². The molecule has 9 aromatic rings. The highest BCUT2D eigenvalue weighted by molar-refractivity contribution is 6.43. The van der Waals surface area contributed by atoms with Gasteiger partial charge in [-0.2, -0.15) is 15.0 Å². The van der Waals surface area contributed by atoms with Crippen LogP contribution in [0.3, 0.4) is 0 Å². The maximum Gasteiger partial charge on any atom is 0.260 e. The number of anilines is 6. The second-order valence-electron chi connectivity index (χ2n) is 29.8. The Hall–Kier alpha value is -11.1. The quantitative estimate of drug-likeness (QED) is 0.0212. The molecule has 9 aromatic heterocycles. The van der Waals surface area contributed by atoms with Gasteiger partial charge in [-0.05, 0) is 186 Å². The van der Waals surface area contributed by atoms with E-state index in [2.05, 4.69) is 90.5 Å². The van der Waals surface area contributed by atoms with Gasteiger partial charge in [0, 0.05) is 104 Å². The number of H-pyrrole nitrogens is 3. The number of fused-ring (bicyclic) bond motifs is 3. The largest absolute Gasteiger partial charge is 0.497 e. The first-order valence-corrected chi connectivity index (χ1v) is 40.9. The molecule has 12 N–H and O–H groups in total. The van der Waals surface area contributed by atoms with Gasteiger partial charge in [0.05, 0.1) is 106 Å². The zero-order chi connectivity index (χ0) is 84.9. The van der Waals surface area contributed by atoms with Crippen LogP contribution in [0, 0.1) is 55.4 Å². The predicted octanol–water partition coefficient (Wildman–Crippen LogP) is 10.8. The standard InChI is InChI=1S/C28H32Cl2N8O3.C27H30Cl2N8O2.C27H31ClN8O3/c1-14-12-33-19(16(3)22(14)41-4)13-38-25-21(24(30)35-28(31)36-25)17(27(38)40)11-18-15(2)20(23(29)34-18)26(39)32-7-10-37-8-5-6-9-37;1-14-10-18(28)20(32-12-14)13-37-24-22(23(29)34-27(30)35-24)17(26(37)39)11-19-15(2)21(16(3)33-19)25(38)31-6-9-36-7-4-5-8-36;1-15-20(32-16(2)21(15)25(37)31-8-11-35-9-4-5-10-35)13-19-22-23(28)33-27(29)34-24(22)36(26(19)38)14-17-12-18(39-3)6-7-30-17/h11-12,34H,5-10,13H2,1-4H3,(H,32,39)(H2,31,35,36);10-12,33H,4-9,13H2,1-3H3,(H,31,38)(H2,30,34,35);6-7,12-13,32H,4-5,8-11,14H2,1-3H3,(H,31,37)(H2,29,33,34)/b2*17-11-;19-13-. The van der Waals surface area contributed by atoms with Crippen LogP contribution in [0.1, 0.15) is 165 Å². The number of nitrogens with one attached hydrogen (secondary N) is 6. The van der Waals surface area contributed by atoms with Crippen molar-refractivity contribution in [2.45, 2.75) is 114 Å². The Morgan fingerprint density at radius 3 is 1.28 bits per heavy atom. The summed E-state index contributed by atoms with van der Waals surface area (Å²) in [5.41, 5.74) is 30.6. The summed E-state index contributed by atoms with van der Waals surface area (Å²) in [5.74, 6) is 0.359. The highest BCUT2D eigenvalue weighted by atomic mass is 35.5. The van der Waals surface area contributed by atoms with Crippen molar-refractivity contribution in [1.29, 1.82) is 0 Å². The number of carbonyl (C=O) groups excluding carboxylic acids is 6. The lowest BCUT2D eigenvalue weighted by Crippen LogP contribution is -2.33. The van der Waals surface area contributed by atoms with Crippen LogP contribution in [-0.2, 0) is 34.0 Å². The molecule has 0 bridgehead atoms. The molecule has 3 saturated heterocycles. The van der Waals surface area contributed by atoms with Gasteiger partial charge in [0.15, 0.2) is 17.5 Å². The molecular formula is C82H93Cl5N24O8. The number of methoxy groups -OCH3 is 2. The van der Waals surface area contributed by atoms with Gasteiger partial charge in [-0.25, -0.2) is 15.0 Å². The smallest absolute Gasteiger partial charge is 0.260 e. The van der Waals surface area contributed by atoms with E-state index < -0.39 is 0 Å². The van der Waals surface area contributed by atoms with E-state index in [0.717, 1.165) is 86.7 Å². The van der Waals surface area contributed by atoms with E-state index in [4.69, 9.17) is 84.7 Å². The van der Waals surface area contributed by atoms with Crippen molar-refractivity contribution in [3.63, 3.8) is 0 Å². The van der Waals surface area contributed by atoms with Gasteiger partial charge in [-0.3, -0.25) is 58.4 Å². The van der Waals surface area contributed by atoms with Crippen LogP contribution in [0.25, 0.3) is 34.9 Å². The molecule has 15 heterocycles. The summed E-state index contributed by atoms with van der Waals surface area (Å²) in [6, 6.07) is 5.25. The molecule has 0 spiro atoms. The molecule has 119 heavy (non-hydrogen) atoms. The number of nitrogens with zero attached hydrogens (tertiary/aromatic N) is 15. The van der Waals surface area contributed by atoms with Crippen LogP contribution in [0.4, 0.5) is 35.3 Å². The second kappa shape index (κ2) is 37.0. The average Bonchev–Trinajstić information content (AvgIpc) is 1.61. The van der Waals surface area contributed by atoms with Gasteiger partial charge >= 0.3 is 0 Å². The number of hydrogen-bond donors (Lipinski definition) is 9. The summed E-state index contributed by atoms with van der Waals surface area (Å²) < 4.78 is 10.8. The minimum atomic E-state index is -0.371. The predicted molar refractivity (Wildman–Crippen MR) is 462 cm³/mol. The summed E-state index contributed by atoms with van der Waals surface area (Å²) in [6.07, 6.45) is 17.2. The van der Waals surface area contributed by atoms with Crippen molar-refractivity contribution in [3.05, 3.63) is 175 Å². The van der Waals surface area contributed by atoms with Crippen molar-refractivity contribution >= 4 is 164 Å². The number of aromatic nitrogens is 12. The number of rotatable bonds is 23. The lowest BCUT2D eigenvalue weighted by Gasteiger charge is -2.19. The lowest BCUT2D eigenvalue weighted by atomic mass is 10.1. The fourth-order valence-corrected chi connectivity index (χ4v) is 17.2. The minimum absolute atomic E-state index is 0.0379. The molecule has 6 aliphatic rings. The number of ether oxygens (including phenoxy) is 2. The fourth-order valence-electron chi connectivity index (χ4n) is 15.7. The molecule has 6 aliphatic heterocycles. The van der Waals surface area contributed by atoms with Crippen LogP contribution < -0.4 is 57.3 Å². The maximum absolute atomic E-state index is 13.9. The van der Waals surface area contributed by atoms with Crippen molar-refractivity contribution in [3.8, 4) is 11.5 Å². The molecule has 37 heteroatoms. The Balaban J connectivity index is 0.000000155. The third-order valence-electron chi connectivity index (χ3n) is 21.8.